The molecule has 8 nitrogen and oxygen atoms in total. The summed E-state index contributed by atoms with van der Waals surface area (Å²) in [6.07, 6.45) is 13.6. The molecular formula is C52H46N8. The summed E-state index contributed by atoms with van der Waals surface area (Å²) in [5.74, 6) is 1.89. The fourth-order valence-electron chi connectivity index (χ4n) is 9.80. The summed E-state index contributed by atoms with van der Waals surface area (Å²) in [5.41, 5.74) is 11.8. The van der Waals surface area contributed by atoms with E-state index in [9.17, 15) is 0 Å². The van der Waals surface area contributed by atoms with Gasteiger partial charge >= 0.3 is 0 Å². The van der Waals surface area contributed by atoms with Gasteiger partial charge in [-0.05, 0) is 147 Å². The van der Waals surface area contributed by atoms with Gasteiger partial charge in [-0.3, -0.25) is 39.9 Å². The molecule has 2 aliphatic carbocycles. The average molecular weight is 783 g/mol. The minimum Gasteiger partial charge on any atom is -0.255 e. The van der Waals surface area contributed by atoms with E-state index in [0.717, 1.165) is 107 Å². The molecule has 2 fully saturated rings. The lowest BCUT2D eigenvalue weighted by Crippen LogP contribution is -2.32. The first-order valence-corrected chi connectivity index (χ1v) is 21.2. The van der Waals surface area contributed by atoms with Gasteiger partial charge < -0.3 is 0 Å². The van der Waals surface area contributed by atoms with Crippen LogP contribution in [0.4, 0.5) is 0 Å². The number of pyridine rings is 8. The van der Waals surface area contributed by atoms with E-state index in [0.29, 0.717) is 11.8 Å². The quantitative estimate of drug-likeness (QED) is 0.143. The van der Waals surface area contributed by atoms with Crippen molar-refractivity contribution in [1.29, 1.82) is 0 Å². The predicted octanol–water partition coefficient (Wildman–Crippen LogP) is 11.5. The van der Waals surface area contributed by atoms with Gasteiger partial charge in [-0.15, -0.1) is 0 Å². The molecule has 8 aromatic heterocycles. The molecule has 294 valence electrons. The Balaban J connectivity index is 1.03. The van der Waals surface area contributed by atoms with Crippen molar-refractivity contribution in [1.82, 2.24) is 39.9 Å². The fraction of sp³-hybridized carbons (Fsp3) is 0.231. The highest BCUT2D eigenvalue weighted by Gasteiger charge is 2.41. The Kier molecular flexibility index (Phi) is 10.7. The molecule has 0 aromatic carbocycles. The van der Waals surface area contributed by atoms with E-state index in [1.165, 1.54) is 0 Å². The second kappa shape index (κ2) is 17.2. The molecule has 10 rings (SSSR count). The van der Waals surface area contributed by atoms with Crippen molar-refractivity contribution in [2.75, 3.05) is 0 Å². The van der Waals surface area contributed by atoms with Crippen molar-refractivity contribution in [3.63, 3.8) is 0 Å². The standard InChI is InChI=1S/C52H46N8/c1-5-25-53-45(13-1)49-21-9-17-41(57-49)37-29-35(30-38(33-37)42-18-10-22-50(58-42)46-14-2-6-26-54-46)36-31-39(43-19-11-23-51(59-43)47-15-3-7-27-55-47)34-40(32-36)44-20-12-24-52(60-44)48-16-4-8-28-56-48/h1-28,35-40H,29-34H2. The van der Waals surface area contributed by atoms with Crippen molar-refractivity contribution in [2.24, 2.45) is 11.8 Å². The van der Waals surface area contributed by atoms with Crippen LogP contribution in [0.15, 0.2) is 170 Å². The predicted molar refractivity (Wildman–Crippen MR) is 236 cm³/mol. The molecule has 8 heteroatoms. The van der Waals surface area contributed by atoms with Gasteiger partial charge in [-0.1, -0.05) is 48.5 Å². The van der Waals surface area contributed by atoms with Gasteiger partial charge in [0.25, 0.3) is 0 Å². The maximum atomic E-state index is 5.32. The lowest BCUT2D eigenvalue weighted by molar-refractivity contribution is 0.144. The van der Waals surface area contributed by atoms with Gasteiger partial charge in [0, 0.05) is 71.2 Å². The number of hydrogen-bond donors (Lipinski definition) is 0. The minimum atomic E-state index is 0.257. The minimum absolute atomic E-state index is 0.257. The first-order valence-electron chi connectivity index (χ1n) is 21.2. The Morgan fingerprint density at radius 2 is 0.500 bits per heavy atom. The molecule has 0 saturated heterocycles. The van der Waals surface area contributed by atoms with Crippen LogP contribution in [0.25, 0.3) is 45.6 Å². The molecule has 4 unspecified atom stereocenters. The molecule has 0 radical (unpaired) electrons. The van der Waals surface area contributed by atoms with Crippen LogP contribution in [-0.4, -0.2) is 39.9 Å². The Morgan fingerprint density at radius 3 is 0.733 bits per heavy atom. The third-order valence-corrected chi connectivity index (χ3v) is 12.6. The highest BCUT2D eigenvalue weighted by Crippen LogP contribution is 2.53. The van der Waals surface area contributed by atoms with Crippen molar-refractivity contribution < 1.29 is 0 Å². The van der Waals surface area contributed by atoms with E-state index in [1.54, 1.807) is 0 Å². The summed E-state index contributed by atoms with van der Waals surface area (Å²) in [4.78, 5) is 39.9. The second-order valence-electron chi connectivity index (χ2n) is 16.4. The maximum Gasteiger partial charge on any atom is 0.0889 e. The highest BCUT2D eigenvalue weighted by molar-refractivity contribution is 5.56. The van der Waals surface area contributed by atoms with Crippen molar-refractivity contribution in [3.8, 4) is 45.6 Å². The Labute approximate surface area is 351 Å². The molecule has 0 aliphatic heterocycles. The summed E-state index contributed by atoms with van der Waals surface area (Å²) < 4.78 is 0. The van der Waals surface area contributed by atoms with Crippen LogP contribution in [0.3, 0.4) is 0 Å². The van der Waals surface area contributed by atoms with Crippen LogP contribution in [-0.2, 0) is 0 Å². The summed E-state index contributed by atoms with van der Waals surface area (Å²) in [5, 5.41) is 0. The van der Waals surface area contributed by atoms with Crippen LogP contribution in [0, 0.1) is 11.8 Å². The number of hydrogen-bond acceptors (Lipinski definition) is 8. The van der Waals surface area contributed by atoms with E-state index >= 15 is 0 Å². The topological polar surface area (TPSA) is 103 Å². The molecule has 0 bridgehead atoms. The third-order valence-electron chi connectivity index (χ3n) is 12.6. The zero-order chi connectivity index (χ0) is 40.1. The Morgan fingerprint density at radius 1 is 0.250 bits per heavy atom. The molecule has 4 atom stereocenters. The normalized spacial score (nSPS) is 21.6. The number of aromatic nitrogens is 8. The zero-order valence-electron chi connectivity index (χ0n) is 33.5. The van der Waals surface area contributed by atoms with Gasteiger partial charge in [0.15, 0.2) is 0 Å². The number of nitrogens with zero attached hydrogens (tertiary/aromatic N) is 8. The van der Waals surface area contributed by atoms with Crippen LogP contribution in [0.5, 0.6) is 0 Å². The Bertz CT molecular complexity index is 2290. The van der Waals surface area contributed by atoms with Gasteiger partial charge in [0.2, 0.25) is 0 Å². The smallest absolute Gasteiger partial charge is 0.0889 e. The van der Waals surface area contributed by atoms with E-state index in [1.807, 2.05) is 97.6 Å². The first kappa shape index (κ1) is 37.5. The summed E-state index contributed by atoms with van der Waals surface area (Å²) >= 11 is 0. The molecule has 8 aromatic rings. The SMILES string of the molecule is c1ccc(-c2cccc(C3CC(c4cccc(-c5ccccn5)n4)CC(C4CC(c5cccc(-c6ccccn6)n5)CC(c5cccc(-c6ccccn6)n5)C4)C3)n2)nc1. The van der Waals surface area contributed by atoms with Crippen LogP contribution >= 0.6 is 0 Å². The van der Waals surface area contributed by atoms with Crippen LogP contribution in [0.1, 0.15) is 85.0 Å². The first-order chi connectivity index (χ1) is 29.7. The molecule has 0 amide bonds. The van der Waals surface area contributed by atoms with Gasteiger partial charge in [-0.2, -0.15) is 0 Å². The van der Waals surface area contributed by atoms with Crippen LogP contribution < -0.4 is 0 Å². The van der Waals surface area contributed by atoms with E-state index in [4.69, 9.17) is 19.9 Å². The fourth-order valence-corrected chi connectivity index (χ4v) is 9.80. The summed E-state index contributed by atoms with van der Waals surface area (Å²) in [7, 11) is 0. The van der Waals surface area contributed by atoms with Gasteiger partial charge in [-0.25, -0.2) is 0 Å². The maximum absolute atomic E-state index is 5.32. The van der Waals surface area contributed by atoms with Gasteiger partial charge in [0.05, 0.1) is 45.6 Å². The van der Waals surface area contributed by atoms with Crippen molar-refractivity contribution in [3.05, 3.63) is 193 Å². The van der Waals surface area contributed by atoms with Crippen molar-refractivity contribution in [2.45, 2.75) is 62.2 Å². The molecule has 2 saturated carbocycles. The van der Waals surface area contributed by atoms with Gasteiger partial charge in [0.1, 0.15) is 0 Å². The molecule has 0 N–H and O–H groups in total. The lowest BCUT2D eigenvalue weighted by Gasteiger charge is -2.43. The molecule has 0 spiro atoms. The van der Waals surface area contributed by atoms with E-state index < -0.39 is 0 Å². The Hall–Kier alpha value is -6.80. The summed E-state index contributed by atoms with van der Waals surface area (Å²) in [6.45, 7) is 0. The number of rotatable bonds is 9. The largest absolute Gasteiger partial charge is 0.255 e. The average Bonchev–Trinajstić information content (AvgIpc) is 3.35. The molecular weight excluding hydrogens is 737 g/mol. The molecule has 2 aliphatic rings. The van der Waals surface area contributed by atoms with Crippen LogP contribution in [0.2, 0.25) is 0 Å². The molecule has 60 heavy (non-hydrogen) atoms. The second-order valence-corrected chi connectivity index (χ2v) is 16.4. The van der Waals surface area contributed by atoms with Crippen molar-refractivity contribution >= 4 is 0 Å². The zero-order valence-corrected chi connectivity index (χ0v) is 33.5. The van der Waals surface area contributed by atoms with E-state index in [2.05, 4.69) is 92.7 Å². The monoisotopic (exact) mass is 782 g/mol. The third kappa shape index (κ3) is 8.23. The summed E-state index contributed by atoms with van der Waals surface area (Å²) in [6, 6.07) is 49.9. The van der Waals surface area contributed by atoms with E-state index in [-0.39, 0.29) is 23.7 Å². The lowest BCUT2D eigenvalue weighted by atomic mass is 9.62. The molecule has 8 heterocycles. The highest BCUT2D eigenvalue weighted by atomic mass is 14.8.